The fourth-order valence-electron chi connectivity index (χ4n) is 4.25. The Balaban J connectivity index is 1.41. The molecule has 0 fully saturated rings. The van der Waals surface area contributed by atoms with Crippen molar-refractivity contribution in [1.29, 1.82) is 0 Å². The number of anilines is 2. The molecule has 9 heteroatoms. The van der Waals surface area contributed by atoms with E-state index in [1.54, 1.807) is 4.68 Å². The van der Waals surface area contributed by atoms with Gasteiger partial charge in [-0.05, 0) is 78.2 Å². The standard InChI is InChI=1S/C27H25ClN6O2/c1-16-4-13-23(17(2)14-16)30-26(35)24-18(3)29-27-31-32-33-34(27)25(24)20-7-11-22(12-8-20)36-15-19-5-9-21(28)10-6-19/h4-14,25H,15H2,1-3H3,(H,30,35)(H,29,31,33). The first-order chi connectivity index (χ1) is 17.4. The zero-order chi connectivity index (χ0) is 25.2. The summed E-state index contributed by atoms with van der Waals surface area (Å²) in [5, 5.41) is 18.9. The third kappa shape index (κ3) is 4.81. The third-order valence-electron chi connectivity index (χ3n) is 6.10. The Morgan fingerprint density at radius 1 is 1.06 bits per heavy atom. The van der Waals surface area contributed by atoms with Gasteiger partial charge in [-0.1, -0.05) is 58.7 Å². The topological polar surface area (TPSA) is 94.0 Å². The molecule has 0 aliphatic carbocycles. The van der Waals surface area contributed by atoms with E-state index in [9.17, 15) is 4.79 Å². The Labute approximate surface area is 213 Å². The van der Waals surface area contributed by atoms with E-state index in [4.69, 9.17) is 16.3 Å². The highest BCUT2D eigenvalue weighted by Crippen LogP contribution is 2.35. The second-order valence-electron chi connectivity index (χ2n) is 8.77. The summed E-state index contributed by atoms with van der Waals surface area (Å²) in [5.74, 6) is 0.964. The lowest BCUT2D eigenvalue weighted by molar-refractivity contribution is -0.113. The number of hydrogen-bond acceptors (Lipinski definition) is 6. The number of ether oxygens (including phenoxy) is 1. The van der Waals surface area contributed by atoms with Gasteiger partial charge in [0.25, 0.3) is 5.91 Å². The van der Waals surface area contributed by atoms with Crippen LogP contribution in [-0.2, 0) is 11.4 Å². The van der Waals surface area contributed by atoms with Gasteiger partial charge < -0.3 is 15.4 Å². The molecule has 1 atom stereocenters. The number of allylic oxidation sites excluding steroid dienone is 1. The molecule has 2 heterocycles. The van der Waals surface area contributed by atoms with Gasteiger partial charge in [0.05, 0.1) is 5.57 Å². The molecule has 0 radical (unpaired) electrons. The second-order valence-corrected chi connectivity index (χ2v) is 9.21. The molecule has 1 aliphatic rings. The SMILES string of the molecule is CC1=C(C(=O)Nc2ccc(C)cc2C)C(c2ccc(OCc3ccc(Cl)cc3)cc2)n2nnnc2N1. The molecule has 8 nitrogen and oxygen atoms in total. The average molecular weight is 501 g/mol. The van der Waals surface area contributed by atoms with E-state index in [1.165, 1.54) is 0 Å². The smallest absolute Gasteiger partial charge is 0.255 e. The van der Waals surface area contributed by atoms with Gasteiger partial charge in [-0.3, -0.25) is 4.79 Å². The van der Waals surface area contributed by atoms with Crippen molar-refractivity contribution in [2.45, 2.75) is 33.4 Å². The van der Waals surface area contributed by atoms with Gasteiger partial charge in [0, 0.05) is 16.4 Å². The summed E-state index contributed by atoms with van der Waals surface area (Å²) >= 11 is 5.96. The summed E-state index contributed by atoms with van der Waals surface area (Å²) in [7, 11) is 0. The molecule has 182 valence electrons. The minimum absolute atomic E-state index is 0.221. The van der Waals surface area contributed by atoms with E-state index < -0.39 is 6.04 Å². The Hall–Kier alpha value is -4.17. The zero-order valence-corrected chi connectivity index (χ0v) is 20.9. The molecule has 1 aliphatic heterocycles. The largest absolute Gasteiger partial charge is 0.489 e. The van der Waals surface area contributed by atoms with Crippen LogP contribution in [0.4, 0.5) is 11.6 Å². The van der Waals surface area contributed by atoms with Crippen molar-refractivity contribution >= 4 is 29.1 Å². The number of hydrogen-bond donors (Lipinski definition) is 2. The number of halogens is 1. The van der Waals surface area contributed by atoms with Gasteiger partial charge in [0.2, 0.25) is 5.95 Å². The fourth-order valence-corrected chi connectivity index (χ4v) is 4.38. The quantitative estimate of drug-likeness (QED) is 0.365. The number of benzene rings is 3. The van der Waals surface area contributed by atoms with E-state index in [1.807, 2.05) is 87.5 Å². The van der Waals surface area contributed by atoms with Crippen molar-refractivity contribution < 1.29 is 9.53 Å². The van der Waals surface area contributed by atoms with Gasteiger partial charge in [-0.15, -0.1) is 0 Å². The molecular formula is C27H25ClN6O2. The number of nitrogens with zero attached hydrogens (tertiary/aromatic N) is 4. The molecule has 2 N–H and O–H groups in total. The third-order valence-corrected chi connectivity index (χ3v) is 6.36. The highest BCUT2D eigenvalue weighted by Gasteiger charge is 2.34. The van der Waals surface area contributed by atoms with Crippen LogP contribution in [0, 0.1) is 13.8 Å². The Morgan fingerprint density at radius 2 is 1.81 bits per heavy atom. The number of aromatic nitrogens is 4. The van der Waals surface area contributed by atoms with Crippen LogP contribution in [0.25, 0.3) is 0 Å². The fraction of sp³-hybridized carbons (Fsp3) is 0.185. The minimum Gasteiger partial charge on any atom is -0.489 e. The number of carbonyl (C=O) groups is 1. The first kappa shape index (κ1) is 23.6. The van der Waals surface area contributed by atoms with Crippen LogP contribution in [0.15, 0.2) is 78.0 Å². The number of tetrazole rings is 1. The molecule has 4 aromatic rings. The summed E-state index contributed by atoms with van der Waals surface area (Å²) in [6.07, 6.45) is 0. The second kappa shape index (κ2) is 9.83. The summed E-state index contributed by atoms with van der Waals surface area (Å²) in [6.45, 7) is 6.27. The zero-order valence-electron chi connectivity index (χ0n) is 20.1. The van der Waals surface area contributed by atoms with Crippen LogP contribution in [0.5, 0.6) is 5.75 Å². The summed E-state index contributed by atoms with van der Waals surface area (Å²) in [5.41, 5.74) is 5.98. The van der Waals surface area contributed by atoms with Crippen LogP contribution in [0.3, 0.4) is 0 Å². The lowest BCUT2D eigenvalue weighted by Crippen LogP contribution is -2.31. The molecule has 36 heavy (non-hydrogen) atoms. The van der Waals surface area contributed by atoms with E-state index in [2.05, 4.69) is 26.2 Å². The molecular weight excluding hydrogens is 476 g/mol. The van der Waals surface area contributed by atoms with E-state index >= 15 is 0 Å². The molecule has 0 bridgehead atoms. The van der Waals surface area contributed by atoms with Gasteiger partial charge in [0.1, 0.15) is 18.4 Å². The number of nitrogens with one attached hydrogen (secondary N) is 2. The predicted molar refractivity (Wildman–Crippen MR) is 139 cm³/mol. The Kier molecular flexibility index (Phi) is 6.43. The number of rotatable bonds is 6. The van der Waals surface area contributed by atoms with Crippen molar-refractivity contribution in [1.82, 2.24) is 20.2 Å². The average Bonchev–Trinajstić information content (AvgIpc) is 3.33. The van der Waals surface area contributed by atoms with Gasteiger partial charge in [0.15, 0.2) is 0 Å². The summed E-state index contributed by atoms with van der Waals surface area (Å²) in [6, 6.07) is 20.6. The first-order valence-electron chi connectivity index (χ1n) is 11.5. The van der Waals surface area contributed by atoms with Crippen LogP contribution in [-0.4, -0.2) is 26.1 Å². The minimum atomic E-state index is -0.507. The molecule has 1 aromatic heterocycles. The number of fused-ring (bicyclic) bond motifs is 1. The van der Waals surface area contributed by atoms with Crippen molar-refractivity contribution in [3.63, 3.8) is 0 Å². The normalized spacial score (nSPS) is 14.7. The molecule has 0 saturated carbocycles. The lowest BCUT2D eigenvalue weighted by atomic mass is 9.94. The molecule has 3 aromatic carbocycles. The number of aryl methyl sites for hydroxylation is 2. The number of amides is 1. The molecule has 1 unspecified atom stereocenters. The van der Waals surface area contributed by atoms with Gasteiger partial charge in [-0.25, -0.2) is 0 Å². The maximum absolute atomic E-state index is 13.6. The molecule has 1 amide bonds. The molecule has 5 rings (SSSR count). The van der Waals surface area contributed by atoms with Crippen LogP contribution < -0.4 is 15.4 Å². The molecule has 0 saturated heterocycles. The first-order valence-corrected chi connectivity index (χ1v) is 11.9. The molecule has 0 spiro atoms. The van der Waals surface area contributed by atoms with E-state index in [0.717, 1.165) is 27.9 Å². The van der Waals surface area contributed by atoms with E-state index in [-0.39, 0.29) is 5.91 Å². The highest BCUT2D eigenvalue weighted by atomic mass is 35.5. The predicted octanol–water partition coefficient (Wildman–Crippen LogP) is 5.45. The van der Waals surface area contributed by atoms with Crippen molar-refractivity contribution in [3.8, 4) is 5.75 Å². The lowest BCUT2D eigenvalue weighted by Gasteiger charge is -2.28. The van der Waals surface area contributed by atoms with Crippen molar-refractivity contribution in [2.24, 2.45) is 0 Å². The number of carbonyl (C=O) groups excluding carboxylic acids is 1. The Bertz CT molecular complexity index is 1440. The maximum atomic E-state index is 13.6. The van der Waals surface area contributed by atoms with Crippen LogP contribution in [0.1, 0.15) is 35.2 Å². The highest BCUT2D eigenvalue weighted by molar-refractivity contribution is 6.30. The van der Waals surface area contributed by atoms with E-state index in [0.29, 0.717) is 34.6 Å². The van der Waals surface area contributed by atoms with Crippen LogP contribution >= 0.6 is 11.6 Å². The van der Waals surface area contributed by atoms with Crippen molar-refractivity contribution in [2.75, 3.05) is 10.6 Å². The summed E-state index contributed by atoms with van der Waals surface area (Å²) < 4.78 is 7.55. The van der Waals surface area contributed by atoms with Gasteiger partial charge >= 0.3 is 0 Å². The van der Waals surface area contributed by atoms with Crippen LogP contribution in [0.2, 0.25) is 5.02 Å². The van der Waals surface area contributed by atoms with Gasteiger partial charge in [-0.2, -0.15) is 4.68 Å². The Morgan fingerprint density at radius 3 is 2.53 bits per heavy atom. The van der Waals surface area contributed by atoms with Crippen molar-refractivity contribution in [3.05, 3.63) is 105 Å². The summed E-state index contributed by atoms with van der Waals surface area (Å²) in [4.78, 5) is 13.6. The monoisotopic (exact) mass is 500 g/mol. The maximum Gasteiger partial charge on any atom is 0.255 e.